The molecule has 0 saturated carbocycles. The van der Waals surface area contributed by atoms with Crippen molar-refractivity contribution in [3.63, 3.8) is 0 Å². The highest BCUT2D eigenvalue weighted by Gasteiger charge is 2.24. The number of aryl methyl sites for hydroxylation is 1. The number of hydrogen-bond donors (Lipinski definition) is 1. The third-order valence-corrected chi connectivity index (χ3v) is 3.06. The first kappa shape index (κ1) is 16.7. The van der Waals surface area contributed by atoms with E-state index in [0.717, 1.165) is 4.57 Å². The first-order valence-corrected chi connectivity index (χ1v) is 7.20. The summed E-state index contributed by atoms with van der Waals surface area (Å²) in [6.45, 7) is 6.58. The molecule has 0 amide bonds. The number of pyridine rings is 1. The van der Waals surface area contributed by atoms with Crippen LogP contribution in [0.4, 0.5) is 4.79 Å². The summed E-state index contributed by atoms with van der Waals surface area (Å²) in [5.41, 5.74) is -0.877. The monoisotopic (exact) mass is 321 g/mol. The Morgan fingerprint density at radius 2 is 2.00 bits per heavy atom. The first-order chi connectivity index (χ1) is 10.6. The highest BCUT2D eigenvalue weighted by Crippen LogP contribution is 2.17. The Hall–Kier alpha value is -2.64. The van der Waals surface area contributed by atoms with E-state index in [4.69, 9.17) is 9.84 Å². The average molecular weight is 321 g/mol. The molecular weight excluding hydrogens is 302 g/mol. The minimum atomic E-state index is -1.13. The molecule has 0 spiro atoms. The quantitative estimate of drug-likeness (QED) is 0.921. The zero-order valence-electron chi connectivity index (χ0n) is 13.5. The predicted molar refractivity (Wildman–Crippen MR) is 82.6 cm³/mol. The zero-order chi connectivity index (χ0) is 17.4. The molecule has 2 aromatic heterocycles. The third-order valence-electron chi connectivity index (χ3n) is 3.06. The van der Waals surface area contributed by atoms with Crippen LogP contribution in [-0.2, 0) is 22.5 Å². The lowest BCUT2D eigenvalue weighted by atomic mass is 10.2. The van der Waals surface area contributed by atoms with Crippen LogP contribution >= 0.6 is 0 Å². The molecule has 0 aliphatic rings. The van der Waals surface area contributed by atoms with Crippen molar-refractivity contribution in [1.82, 2.24) is 14.1 Å². The Morgan fingerprint density at radius 3 is 2.52 bits per heavy atom. The molecule has 0 radical (unpaired) electrons. The topological polar surface area (TPSA) is 103 Å². The number of aromatic nitrogens is 3. The highest BCUT2D eigenvalue weighted by atomic mass is 16.6. The lowest BCUT2D eigenvalue weighted by molar-refractivity contribution is -0.137. The summed E-state index contributed by atoms with van der Waals surface area (Å²) in [4.78, 5) is 39.7. The summed E-state index contributed by atoms with van der Waals surface area (Å²) in [6.07, 6.45) is 1.14. The number of nitrogens with zero attached hydrogens (tertiary/aromatic N) is 3. The molecule has 0 saturated heterocycles. The highest BCUT2D eigenvalue weighted by molar-refractivity contribution is 5.87. The summed E-state index contributed by atoms with van der Waals surface area (Å²) < 4.78 is 7.64. The molecule has 0 aliphatic heterocycles. The minimum Gasteiger partial charge on any atom is -0.480 e. The predicted octanol–water partition coefficient (Wildman–Crippen LogP) is 1.63. The summed E-state index contributed by atoms with van der Waals surface area (Å²) in [5, 5.41) is 8.83. The molecule has 0 bridgehead atoms. The summed E-state index contributed by atoms with van der Waals surface area (Å²) in [5.74, 6) is -0.742. The van der Waals surface area contributed by atoms with E-state index in [1.54, 1.807) is 27.7 Å². The number of carboxylic acids is 1. The van der Waals surface area contributed by atoms with Gasteiger partial charge in [-0.25, -0.2) is 14.3 Å². The summed E-state index contributed by atoms with van der Waals surface area (Å²) in [6, 6.07) is 1.50. The standard InChI is InChI=1S/C15H19N3O5/c1-5-10-16-12-9(18(10)14(22)23-15(2,3)4)6-7-17(13(12)21)8-11(19)20/h6-7H,5,8H2,1-4H3,(H,19,20). The Morgan fingerprint density at radius 1 is 1.35 bits per heavy atom. The van der Waals surface area contributed by atoms with Gasteiger partial charge in [0.2, 0.25) is 0 Å². The molecule has 0 aliphatic carbocycles. The van der Waals surface area contributed by atoms with E-state index in [0.29, 0.717) is 17.8 Å². The summed E-state index contributed by atoms with van der Waals surface area (Å²) >= 11 is 0. The second-order valence-electron chi connectivity index (χ2n) is 6.07. The lowest BCUT2D eigenvalue weighted by Gasteiger charge is -2.20. The number of carboxylic acid groups (broad SMARTS) is 1. The molecule has 23 heavy (non-hydrogen) atoms. The van der Waals surface area contributed by atoms with Gasteiger partial charge < -0.3 is 14.4 Å². The number of aliphatic carboxylic acids is 1. The van der Waals surface area contributed by atoms with Gasteiger partial charge in [0.1, 0.15) is 18.0 Å². The van der Waals surface area contributed by atoms with Gasteiger partial charge in [0.25, 0.3) is 5.56 Å². The first-order valence-electron chi connectivity index (χ1n) is 7.20. The van der Waals surface area contributed by atoms with Crippen LogP contribution in [0.25, 0.3) is 11.0 Å². The van der Waals surface area contributed by atoms with E-state index in [1.165, 1.54) is 16.8 Å². The van der Waals surface area contributed by atoms with Crippen molar-refractivity contribution >= 4 is 23.1 Å². The second kappa shape index (κ2) is 5.86. The number of rotatable bonds is 3. The van der Waals surface area contributed by atoms with Gasteiger partial charge in [0, 0.05) is 12.6 Å². The fraction of sp³-hybridized carbons (Fsp3) is 0.467. The molecule has 8 heteroatoms. The van der Waals surface area contributed by atoms with Crippen molar-refractivity contribution in [2.45, 2.75) is 46.3 Å². The molecule has 2 rings (SSSR count). The van der Waals surface area contributed by atoms with Crippen molar-refractivity contribution in [2.24, 2.45) is 0 Å². The Labute approximate surface area is 132 Å². The van der Waals surface area contributed by atoms with Crippen LogP contribution in [0.5, 0.6) is 0 Å². The van der Waals surface area contributed by atoms with Gasteiger partial charge in [0.05, 0.1) is 5.52 Å². The number of ether oxygens (including phenoxy) is 1. The van der Waals surface area contributed by atoms with Gasteiger partial charge in [-0.2, -0.15) is 0 Å². The molecule has 8 nitrogen and oxygen atoms in total. The van der Waals surface area contributed by atoms with E-state index in [-0.39, 0.29) is 5.52 Å². The SMILES string of the molecule is CCc1nc2c(=O)n(CC(=O)O)ccc2n1C(=O)OC(C)(C)C. The van der Waals surface area contributed by atoms with Crippen LogP contribution in [0.15, 0.2) is 17.1 Å². The number of imidazole rings is 1. The minimum absolute atomic E-state index is 0.0523. The lowest BCUT2D eigenvalue weighted by Crippen LogP contribution is -2.28. The molecule has 1 N–H and O–H groups in total. The second-order valence-corrected chi connectivity index (χ2v) is 6.07. The number of carbonyl (C=O) groups is 2. The van der Waals surface area contributed by atoms with Crippen LogP contribution < -0.4 is 5.56 Å². The maximum absolute atomic E-state index is 12.4. The smallest absolute Gasteiger partial charge is 0.420 e. The number of carbonyl (C=O) groups excluding carboxylic acids is 1. The third kappa shape index (κ3) is 3.41. The van der Waals surface area contributed by atoms with Crippen molar-refractivity contribution in [3.05, 3.63) is 28.4 Å². The maximum atomic E-state index is 12.4. The van der Waals surface area contributed by atoms with E-state index >= 15 is 0 Å². The van der Waals surface area contributed by atoms with E-state index < -0.39 is 29.8 Å². The molecule has 0 atom stereocenters. The summed E-state index contributed by atoms with van der Waals surface area (Å²) in [7, 11) is 0. The molecule has 2 aromatic rings. The fourth-order valence-electron chi connectivity index (χ4n) is 2.18. The van der Waals surface area contributed by atoms with Gasteiger partial charge in [0.15, 0.2) is 5.52 Å². The van der Waals surface area contributed by atoms with Crippen molar-refractivity contribution in [3.8, 4) is 0 Å². The van der Waals surface area contributed by atoms with Crippen molar-refractivity contribution in [2.75, 3.05) is 0 Å². The molecule has 0 unspecified atom stereocenters. The fourth-order valence-corrected chi connectivity index (χ4v) is 2.18. The molecule has 2 heterocycles. The van der Waals surface area contributed by atoms with Crippen molar-refractivity contribution < 1.29 is 19.4 Å². The molecular formula is C15H19N3O5. The zero-order valence-corrected chi connectivity index (χ0v) is 13.5. The van der Waals surface area contributed by atoms with E-state index in [1.807, 2.05) is 0 Å². The van der Waals surface area contributed by atoms with Crippen LogP contribution in [0.1, 0.15) is 33.5 Å². The van der Waals surface area contributed by atoms with Crippen LogP contribution in [0.3, 0.4) is 0 Å². The van der Waals surface area contributed by atoms with Gasteiger partial charge in [-0.05, 0) is 26.8 Å². The van der Waals surface area contributed by atoms with Gasteiger partial charge in [-0.3, -0.25) is 9.59 Å². The van der Waals surface area contributed by atoms with E-state index in [2.05, 4.69) is 4.98 Å². The van der Waals surface area contributed by atoms with Crippen molar-refractivity contribution in [1.29, 1.82) is 0 Å². The van der Waals surface area contributed by atoms with Crippen LogP contribution in [0.2, 0.25) is 0 Å². The normalized spacial score (nSPS) is 11.7. The largest absolute Gasteiger partial charge is 0.480 e. The van der Waals surface area contributed by atoms with E-state index in [9.17, 15) is 14.4 Å². The molecule has 0 fully saturated rings. The van der Waals surface area contributed by atoms with Gasteiger partial charge in [-0.1, -0.05) is 6.92 Å². The molecule has 0 aromatic carbocycles. The Bertz CT molecular complexity index is 826. The van der Waals surface area contributed by atoms with Crippen LogP contribution in [-0.4, -0.2) is 36.9 Å². The average Bonchev–Trinajstić information content (AvgIpc) is 2.79. The molecule has 124 valence electrons. The number of hydrogen-bond acceptors (Lipinski definition) is 5. The Balaban J connectivity index is 2.62. The van der Waals surface area contributed by atoms with Crippen LogP contribution in [0, 0.1) is 0 Å². The Kier molecular flexibility index (Phi) is 4.26. The van der Waals surface area contributed by atoms with Gasteiger partial charge >= 0.3 is 12.1 Å². The van der Waals surface area contributed by atoms with Gasteiger partial charge in [-0.15, -0.1) is 0 Å². The maximum Gasteiger partial charge on any atom is 0.420 e. The number of fused-ring (bicyclic) bond motifs is 1.